The van der Waals surface area contributed by atoms with Crippen LogP contribution in [0, 0.1) is 0 Å². The first-order valence-corrected chi connectivity index (χ1v) is 16.0. The maximum atomic E-state index is 6.19. The highest BCUT2D eigenvalue weighted by molar-refractivity contribution is 7.26. The van der Waals surface area contributed by atoms with Gasteiger partial charge in [0.15, 0.2) is 0 Å². The molecule has 0 spiro atoms. The van der Waals surface area contributed by atoms with Crippen LogP contribution in [0.3, 0.4) is 0 Å². The second kappa shape index (κ2) is 10.5. The van der Waals surface area contributed by atoms with Gasteiger partial charge in [-0.2, -0.15) is 0 Å². The topological polar surface area (TPSA) is 16.4 Å². The molecule has 9 aromatic rings. The van der Waals surface area contributed by atoms with Crippen molar-refractivity contribution in [3.63, 3.8) is 0 Å². The Labute approximate surface area is 265 Å². The fourth-order valence-electron chi connectivity index (χ4n) is 6.56. The van der Waals surface area contributed by atoms with Gasteiger partial charge < -0.3 is 9.32 Å². The van der Waals surface area contributed by atoms with Gasteiger partial charge in [0.2, 0.25) is 0 Å². The lowest BCUT2D eigenvalue weighted by Crippen LogP contribution is -2.10. The van der Waals surface area contributed by atoms with E-state index in [1.54, 1.807) is 0 Å². The lowest BCUT2D eigenvalue weighted by molar-refractivity contribution is 0.669. The third-order valence-corrected chi connectivity index (χ3v) is 9.88. The predicted octanol–water partition coefficient (Wildman–Crippen LogP) is 12.8. The van der Waals surface area contributed by atoms with E-state index in [4.69, 9.17) is 4.42 Å². The zero-order chi connectivity index (χ0) is 29.7. The van der Waals surface area contributed by atoms with E-state index in [9.17, 15) is 0 Å². The molecule has 0 amide bonds. The number of furan rings is 1. The van der Waals surface area contributed by atoms with E-state index in [0.29, 0.717) is 0 Å². The molecule has 3 heteroatoms. The molecule has 0 radical (unpaired) electrons. The molecule has 0 aliphatic heterocycles. The van der Waals surface area contributed by atoms with Gasteiger partial charge in [-0.3, -0.25) is 0 Å². The van der Waals surface area contributed by atoms with Crippen molar-refractivity contribution in [2.45, 2.75) is 0 Å². The summed E-state index contributed by atoms with van der Waals surface area (Å²) in [5.74, 6) is 0. The van der Waals surface area contributed by atoms with Crippen molar-refractivity contribution in [1.82, 2.24) is 0 Å². The van der Waals surface area contributed by atoms with E-state index in [1.165, 1.54) is 37.0 Å². The number of anilines is 3. The molecule has 0 saturated heterocycles. The first-order valence-electron chi connectivity index (χ1n) is 15.2. The van der Waals surface area contributed by atoms with Gasteiger partial charge in [-0.25, -0.2) is 0 Å². The number of benzene rings is 7. The molecule has 0 N–H and O–H groups in total. The molecule has 0 aliphatic carbocycles. The van der Waals surface area contributed by atoms with Crippen molar-refractivity contribution in [2.24, 2.45) is 0 Å². The van der Waals surface area contributed by atoms with Gasteiger partial charge in [-0.1, -0.05) is 109 Å². The van der Waals surface area contributed by atoms with Crippen molar-refractivity contribution in [3.05, 3.63) is 164 Å². The summed E-state index contributed by atoms with van der Waals surface area (Å²) in [5.41, 5.74) is 10.0. The Morgan fingerprint density at radius 1 is 0.444 bits per heavy atom. The number of nitrogens with zero attached hydrogens (tertiary/aromatic N) is 1. The van der Waals surface area contributed by atoms with Crippen LogP contribution in [0.2, 0.25) is 0 Å². The van der Waals surface area contributed by atoms with Gasteiger partial charge in [0.05, 0.1) is 10.4 Å². The summed E-state index contributed by atoms with van der Waals surface area (Å²) in [6.07, 6.45) is 0. The van der Waals surface area contributed by atoms with E-state index >= 15 is 0 Å². The highest BCUT2D eigenvalue weighted by Gasteiger charge is 2.20. The molecular formula is C42H27NOS. The summed E-state index contributed by atoms with van der Waals surface area (Å²) < 4.78 is 8.76. The molecule has 0 bridgehead atoms. The lowest BCUT2D eigenvalue weighted by atomic mass is 9.98. The highest BCUT2D eigenvalue weighted by Crippen LogP contribution is 2.48. The number of fused-ring (bicyclic) bond motifs is 6. The molecule has 2 nitrogen and oxygen atoms in total. The van der Waals surface area contributed by atoms with Crippen LogP contribution in [0.4, 0.5) is 17.1 Å². The van der Waals surface area contributed by atoms with Gasteiger partial charge in [-0.15, -0.1) is 11.3 Å². The molecular weight excluding hydrogens is 567 g/mol. The number of thiophene rings is 1. The van der Waals surface area contributed by atoms with Crippen molar-refractivity contribution in [2.75, 3.05) is 4.90 Å². The summed E-state index contributed by atoms with van der Waals surface area (Å²) >= 11 is 1.87. The number of hydrogen-bond acceptors (Lipinski definition) is 3. The molecule has 2 aromatic heterocycles. The maximum Gasteiger partial charge on any atom is 0.136 e. The minimum Gasteiger partial charge on any atom is -0.456 e. The molecule has 0 atom stereocenters. The van der Waals surface area contributed by atoms with E-state index < -0.39 is 0 Å². The zero-order valence-electron chi connectivity index (χ0n) is 24.4. The van der Waals surface area contributed by atoms with Gasteiger partial charge in [-0.05, 0) is 76.9 Å². The van der Waals surface area contributed by atoms with E-state index in [1.807, 2.05) is 23.5 Å². The fourth-order valence-corrected chi connectivity index (χ4v) is 7.79. The van der Waals surface area contributed by atoms with E-state index in [0.717, 1.165) is 44.4 Å². The van der Waals surface area contributed by atoms with Crippen molar-refractivity contribution < 1.29 is 4.42 Å². The Morgan fingerprint density at radius 2 is 1.09 bits per heavy atom. The Kier molecular flexibility index (Phi) is 6.03. The molecule has 212 valence electrons. The molecule has 7 aromatic carbocycles. The Balaban J connectivity index is 1.20. The smallest absolute Gasteiger partial charge is 0.136 e. The number of rotatable bonds is 5. The summed E-state index contributed by atoms with van der Waals surface area (Å²) in [4.78, 5) is 2.39. The molecule has 0 aliphatic rings. The van der Waals surface area contributed by atoms with Crippen molar-refractivity contribution in [1.29, 1.82) is 0 Å². The normalized spacial score (nSPS) is 11.6. The second-order valence-electron chi connectivity index (χ2n) is 11.3. The monoisotopic (exact) mass is 593 g/mol. The molecule has 45 heavy (non-hydrogen) atoms. The summed E-state index contributed by atoms with van der Waals surface area (Å²) in [5, 5.41) is 4.89. The summed E-state index contributed by atoms with van der Waals surface area (Å²) in [6.45, 7) is 0. The van der Waals surface area contributed by atoms with E-state index in [-0.39, 0.29) is 0 Å². The standard InChI is InChI=1S/C42H27NOS/c1-3-11-29(12-4-1)33-25-26-37(42-41(33)36-16-8-10-18-40(36)45-42)43(31-13-5-2-6-14-31)32-22-19-28(20-23-32)30-21-24-35-34-15-7-9-17-38(34)44-39(35)27-30/h1-27H. The van der Waals surface area contributed by atoms with Gasteiger partial charge in [0.25, 0.3) is 0 Å². The third-order valence-electron chi connectivity index (χ3n) is 8.68. The molecule has 2 heterocycles. The lowest BCUT2D eigenvalue weighted by Gasteiger charge is -2.26. The largest absolute Gasteiger partial charge is 0.456 e. The van der Waals surface area contributed by atoms with Crippen LogP contribution in [0.15, 0.2) is 168 Å². The van der Waals surface area contributed by atoms with Crippen LogP contribution in [-0.2, 0) is 0 Å². The average molecular weight is 594 g/mol. The zero-order valence-corrected chi connectivity index (χ0v) is 25.2. The van der Waals surface area contributed by atoms with Crippen LogP contribution >= 0.6 is 11.3 Å². The second-order valence-corrected chi connectivity index (χ2v) is 12.4. The highest BCUT2D eigenvalue weighted by atomic mass is 32.1. The van der Waals surface area contributed by atoms with Gasteiger partial charge in [0, 0.05) is 37.6 Å². The SMILES string of the molecule is c1ccc(-c2ccc(N(c3ccccc3)c3ccc(-c4ccc5c(c4)oc4ccccc45)cc3)c3sc4ccccc4c23)cc1. The van der Waals surface area contributed by atoms with Crippen LogP contribution < -0.4 is 4.90 Å². The average Bonchev–Trinajstić information content (AvgIpc) is 3.68. The Morgan fingerprint density at radius 3 is 1.91 bits per heavy atom. The van der Waals surface area contributed by atoms with Gasteiger partial charge >= 0.3 is 0 Å². The number of hydrogen-bond donors (Lipinski definition) is 0. The Hall–Kier alpha value is -5.64. The summed E-state index contributed by atoms with van der Waals surface area (Å²) in [7, 11) is 0. The van der Waals surface area contributed by atoms with Crippen molar-refractivity contribution >= 4 is 70.5 Å². The Bertz CT molecular complexity index is 2470. The minimum atomic E-state index is 0.911. The van der Waals surface area contributed by atoms with Crippen LogP contribution in [0.5, 0.6) is 0 Å². The predicted molar refractivity (Wildman–Crippen MR) is 192 cm³/mol. The van der Waals surface area contributed by atoms with Crippen LogP contribution in [-0.4, -0.2) is 0 Å². The molecule has 9 rings (SSSR count). The first-order chi connectivity index (χ1) is 22.3. The van der Waals surface area contributed by atoms with Gasteiger partial charge in [0.1, 0.15) is 11.2 Å². The van der Waals surface area contributed by atoms with Crippen molar-refractivity contribution in [3.8, 4) is 22.3 Å². The van der Waals surface area contributed by atoms with Crippen LogP contribution in [0.1, 0.15) is 0 Å². The van der Waals surface area contributed by atoms with E-state index in [2.05, 4.69) is 157 Å². The maximum absolute atomic E-state index is 6.19. The third kappa shape index (κ3) is 4.32. The summed E-state index contributed by atoms with van der Waals surface area (Å²) in [6, 6.07) is 58.4. The van der Waals surface area contributed by atoms with Crippen LogP contribution in [0.25, 0.3) is 64.4 Å². The first kappa shape index (κ1) is 25.8. The number of para-hydroxylation sites is 2. The minimum absolute atomic E-state index is 0.911. The quantitative estimate of drug-likeness (QED) is 0.197. The molecule has 0 saturated carbocycles. The molecule has 0 unspecified atom stereocenters. The fraction of sp³-hybridized carbons (Fsp3) is 0. The molecule has 0 fully saturated rings.